The summed E-state index contributed by atoms with van der Waals surface area (Å²) in [6, 6.07) is 6.86. The normalized spacial score (nSPS) is 10.6. The van der Waals surface area contributed by atoms with Gasteiger partial charge in [0.2, 0.25) is 0 Å². The van der Waals surface area contributed by atoms with E-state index in [0.717, 1.165) is 16.5 Å². The van der Waals surface area contributed by atoms with Gasteiger partial charge in [-0.1, -0.05) is 6.92 Å². The molecule has 0 bridgehead atoms. The molecule has 0 aliphatic rings. The quantitative estimate of drug-likeness (QED) is 0.579. The predicted octanol–water partition coefficient (Wildman–Crippen LogP) is 3.41. The van der Waals surface area contributed by atoms with Crippen LogP contribution in [0.2, 0.25) is 0 Å². The lowest BCUT2D eigenvalue weighted by atomic mass is 10.2. The topological polar surface area (TPSA) is 72.8 Å². The van der Waals surface area contributed by atoms with Crippen LogP contribution in [0.4, 0.5) is 0 Å². The maximum absolute atomic E-state index is 11.9. The van der Waals surface area contributed by atoms with Crippen LogP contribution in [0.25, 0.3) is 0 Å². The third-order valence-corrected chi connectivity index (χ3v) is 3.61. The van der Waals surface area contributed by atoms with Crippen LogP contribution >= 0.6 is 15.9 Å². The van der Waals surface area contributed by atoms with Crippen LogP contribution in [0.1, 0.15) is 29.3 Å². The maximum Gasteiger partial charge on any atom is 0.271 e. The van der Waals surface area contributed by atoms with Gasteiger partial charge in [-0.15, -0.1) is 0 Å². The lowest BCUT2D eigenvalue weighted by molar-refractivity contribution is 0.0955. The van der Waals surface area contributed by atoms with E-state index in [-0.39, 0.29) is 5.91 Å². The molecule has 1 aromatic heterocycles. The van der Waals surface area contributed by atoms with Gasteiger partial charge in [0.1, 0.15) is 0 Å². The fraction of sp³-hybridized carbons (Fsp3) is 0.235. The number of hydrogen-bond donors (Lipinski definition) is 1. The number of nitrogens with one attached hydrogen (secondary N) is 1. The van der Waals surface area contributed by atoms with Gasteiger partial charge in [0.05, 0.1) is 24.4 Å². The maximum atomic E-state index is 11.9. The van der Waals surface area contributed by atoms with E-state index >= 15 is 0 Å². The zero-order valence-corrected chi connectivity index (χ0v) is 15.0. The number of benzene rings is 1. The van der Waals surface area contributed by atoms with Gasteiger partial charge in [0, 0.05) is 18.0 Å². The SMILES string of the molecule is CCCOc1c(Br)cc(/C=N/NC(=O)c2ccncc2)cc1OC. The first-order valence-electron chi connectivity index (χ1n) is 7.39. The lowest BCUT2D eigenvalue weighted by Gasteiger charge is -2.12. The Bertz CT molecular complexity index is 721. The van der Waals surface area contributed by atoms with E-state index in [1.54, 1.807) is 37.7 Å². The van der Waals surface area contributed by atoms with Crippen LogP contribution in [0.5, 0.6) is 11.5 Å². The van der Waals surface area contributed by atoms with Gasteiger partial charge in [0.15, 0.2) is 11.5 Å². The summed E-state index contributed by atoms with van der Waals surface area (Å²) in [6.07, 6.45) is 5.54. The lowest BCUT2D eigenvalue weighted by Crippen LogP contribution is -2.17. The first kappa shape index (κ1) is 17.9. The van der Waals surface area contributed by atoms with E-state index in [4.69, 9.17) is 9.47 Å². The molecule has 0 unspecified atom stereocenters. The van der Waals surface area contributed by atoms with E-state index in [9.17, 15) is 4.79 Å². The Hall–Kier alpha value is -2.41. The summed E-state index contributed by atoms with van der Waals surface area (Å²) in [7, 11) is 1.58. The number of hydrazone groups is 1. The molecule has 1 aromatic carbocycles. The highest BCUT2D eigenvalue weighted by molar-refractivity contribution is 9.10. The molecule has 0 aliphatic carbocycles. The van der Waals surface area contributed by atoms with Crippen molar-refractivity contribution in [3.05, 3.63) is 52.3 Å². The molecule has 126 valence electrons. The molecule has 0 saturated heterocycles. The van der Waals surface area contributed by atoms with Gasteiger partial charge in [-0.25, -0.2) is 5.43 Å². The summed E-state index contributed by atoms with van der Waals surface area (Å²) in [6.45, 7) is 2.64. The highest BCUT2D eigenvalue weighted by atomic mass is 79.9. The number of hydrogen-bond acceptors (Lipinski definition) is 5. The number of amides is 1. The van der Waals surface area contributed by atoms with Gasteiger partial charge in [-0.2, -0.15) is 5.10 Å². The molecule has 0 atom stereocenters. The van der Waals surface area contributed by atoms with E-state index < -0.39 is 0 Å². The third-order valence-electron chi connectivity index (χ3n) is 3.02. The Morgan fingerprint density at radius 2 is 2.12 bits per heavy atom. The summed E-state index contributed by atoms with van der Waals surface area (Å²) < 4.78 is 11.8. The van der Waals surface area contributed by atoms with E-state index in [1.807, 2.05) is 13.0 Å². The van der Waals surface area contributed by atoms with Crippen LogP contribution in [0, 0.1) is 0 Å². The van der Waals surface area contributed by atoms with Crippen LogP contribution < -0.4 is 14.9 Å². The number of rotatable bonds is 7. The van der Waals surface area contributed by atoms with Gasteiger partial charge in [-0.3, -0.25) is 9.78 Å². The number of nitrogens with zero attached hydrogens (tertiary/aromatic N) is 2. The molecule has 24 heavy (non-hydrogen) atoms. The first-order chi connectivity index (χ1) is 11.7. The van der Waals surface area contributed by atoms with Crippen molar-refractivity contribution in [1.82, 2.24) is 10.4 Å². The minimum absolute atomic E-state index is 0.303. The van der Waals surface area contributed by atoms with Crippen molar-refractivity contribution in [2.45, 2.75) is 13.3 Å². The van der Waals surface area contributed by atoms with Gasteiger partial charge < -0.3 is 9.47 Å². The number of aromatic nitrogens is 1. The molecule has 0 saturated carbocycles. The molecule has 7 heteroatoms. The molecular formula is C17H18BrN3O3. The molecule has 6 nitrogen and oxygen atoms in total. The molecule has 0 radical (unpaired) electrons. The van der Waals surface area contributed by atoms with Crippen molar-refractivity contribution in [2.75, 3.05) is 13.7 Å². The summed E-state index contributed by atoms with van der Waals surface area (Å²) >= 11 is 3.47. The second-order valence-electron chi connectivity index (χ2n) is 4.82. The number of ether oxygens (including phenoxy) is 2. The molecule has 0 aliphatic heterocycles. The average molecular weight is 392 g/mol. The largest absolute Gasteiger partial charge is 0.493 e. The zero-order chi connectivity index (χ0) is 17.4. The summed E-state index contributed by atoms with van der Waals surface area (Å²) in [4.78, 5) is 15.8. The summed E-state index contributed by atoms with van der Waals surface area (Å²) in [5, 5.41) is 3.96. The minimum Gasteiger partial charge on any atom is -0.493 e. The molecular weight excluding hydrogens is 374 g/mol. The van der Waals surface area contributed by atoms with Gasteiger partial charge >= 0.3 is 0 Å². The highest BCUT2D eigenvalue weighted by Crippen LogP contribution is 2.36. The van der Waals surface area contributed by atoms with Gasteiger partial charge in [-0.05, 0) is 52.2 Å². The van der Waals surface area contributed by atoms with Gasteiger partial charge in [0.25, 0.3) is 5.91 Å². The Morgan fingerprint density at radius 3 is 2.79 bits per heavy atom. The number of pyridine rings is 1. The second kappa shape index (κ2) is 9.02. The molecule has 2 aromatic rings. The Balaban J connectivity index is 2.09. The number of halogens is 1. The molecule has 0 spiro atoms. The molecule has 1 amide bonds. The van der Waals surface area contributed by atoms with E-state index in [2.05, 4.69) is 31.4 Å². The zero-order valence-electron chi connectivity index (χ0n) is 13.5. The van der Waals surface area contributed by atoms with Crippen LogP contribution in [0.15, 0.2) is 46.2 Å². The first-order valence-corrected chi connectivity index (χ1v) is 8.18. The van der Waals surface area contributed by atoms with Crippen molar-refractivity contribution in [1.29, 1.82) is 0 Å². The fourth-order valence-corrected chi connectivity index (χ4v) is 2.47. The summed E-state index contributed by atoms with van der Waals surface area (Å²) in [5.41, 5.74) is 3.72. The Morgan fingerprint density at radius 1 is 1.38 bits per heavy atom. The Labute approximate surface area is 149 Å². The van der Waals surface area contributed by atoms with Crippen molar-refractivity contribution in [2.24, 2.45) is 5.10 Å². The fourth-order valence-electron chi connectivity index (χ4n) is 1.89. The minimum atomic E-state index is -0.303. The second-order valence-corrected chi connectivity index (χ2v) is 5.67. The van der Waals surface area contributed by atoms with E-state index in [0.29, 0.717) is 23.7 Å². The molecule has 2 rings (SSSR count). The number of methoxy groups -OCH3 is 1. The highest BCUT2D eigenvalue weighted by Gasteiger charge is 2.11. The van der Waals surface area contributed by atoms with Crippen molar-refractivity contribution < 1.29 is 14.3 Å². The number of carbonyl (C=O) groups excluding carboxylic acids is 1. The summed E-state index contributed by atoms with van der Waals surface area (Å²) in [5.74, 6) is 0.944. The van der Waals surface area contributed by atoms with Crippen molar-refractivity contribution >= 4 is 28.1 Å². The third kappa shape index (κ3) is 4.79. The standard InChI is InChI=1S/C17H18BrN3O3/c1-3-8-24-16-14(18)9-12(10-15(16)23-2)11-20-21-17(22)13-4-6-19-7-5-13/h4-7,9-11H,3,8H2,1-2H3,(H,21,22)/b20-11+. The molecule has 1 heterocycles. The van der Waals surface area contributed by atoms with Crippen LogP contribution in [-0.2, 0) is 0 Å². The molecule has 1 N–H and O–H groups in total. The van der Waals surface area contributed by atoms with Crippen LogP contribution in [0.3, 0.4) is 0 Å². The smallest absolute Gasteiger partial charge is 0.271 e. The molecule has 0 fully saturated rings. The predicted molar refractivity (Wildman–Crippen MR) is 95.8 cm³/mol. The number of carbonyl (C=O) groups is 1. The average Bonchev–Trinajstić information content (AvgIpc) is 2.61. The monoisotopic (exact) mass is 391 g/mol. The van der Waals surface area contributed by atoms with Crippen LogP contribution in [-0.4, -0.2) is 30.8 Å². The van der Waals surface area contributed by atoms with Crippen molar-refractivity contribution in [3.8, 4) is 11.5 Å². The Kier molecular flexibility index (Phi) is 6.74. The van der Waals surface area contributed by atoms with Crippen molar-refractivity contribution in [3.63, 3.8) is 0 Å². The van der Waals surface area contributed by atoms with E-state index in [1.165, 1.54) is 6.21 Å².